The number of alkyl halides is 4. The van der Waals surface area contributed by atoms with Gasteiger partial charge in [-0.2, -0.15) is 10.1 Å². The molecule has 1 heterocycles. The van der Waals surface area contributed by atoms with Gasteiger partial charge in [-0.3, -0.25) is 4.79 Å². The number of amides is 1. The molecule has 11 heteroatoms. The molecule has 1 aliphatic rings. The maximum Gasteiger partial charge on any atom is 0.287 e. The molecule has 0 radical (unpaired) electrons. The Morgan fingerprint density at radius 1 is 1.15 bits per heavy atom. The van der Waals surface area contributed by atoms with Gasteiger partial charge >= 0.3 is 0 Å². The van der Waals surface area contributed by atoms with Crippen molar-refractivity contribution >= 4 is 11.6 Å². The molecular weight excluding hydrogens is 364 g/mol. The number of carbonyl (C=O) groups is 1. The molecule has 1 aromatic carbocycles. The minimum absolute atomic E-state index is 0.0352. The van der Waals surface area contributed by atoms with Crippen molar-refractivity contribution in [2.75, 3.05) is 21.3 Å². The van der Waals surface area contributed by atoms with Crippen LogP contribution >= 0.6 is 0 Å². The minimum atomic E-state index is -3.52. The summed E-state index contributed by atoms with van der Waals surface area (Å²) in [6, 6.07) is 2.26. The maximum atomic E-state index is 13.3. The van der Waals surface area contributed by atoms with E-state index in [1.165, 1.54) is 21.3 Å². The quantitative estimate of drug-likeness (QED) is 0.765. The van der Waals surface area contributed by atoms with Crippen LogP contribution in [0.2, 0.25) is 0 Å². The van der Waals surface area contributed by atoms with Gasteiger partial charge in [0.05, 0.1) is 21.3 Å². The predicted molar refractivity (Wildman–Crippen MR) is 81.3 cm³/mol. The second-order valence-corrected chi connectivity index (χ2v) is 5.28. The second kappa shape index (κ2) is 7.36. The number of ether oxygens (including phenoxy) is 3. The first-order chi connectivity index (χ1) is 12.2. The molecule has 1 atom stereocenters. The lowest BCUT2D eigenvalue weighted by Gasteiger charge is -2.30. The van der Waals surface area contributed by atoms with E-state index in [-0.39, 0.29) is 27.8 Å². The van der Waals surface area contributed by atoms with Gasteiger partial charge in [0.25, 0.3) is 18.8 Å². The van der Waals surface area contributed by atoms with E-state index < -0.39 is 36.6 Å². The third-order valence-corrected chi connectivity index (χ3v) is 3.74. The summed E-state index contributed by atoms with van der Waals surface area (Å²) in [7, 11) is 3.85. The highest BCUT2D eigenvalue weighted by Gasteiger charge is 2.53. The van der Waals surface area contributed by atoms with Crippen LogP contribution in [-0.2, 0) is 0 Å². The SMILES string of the molecule is COc1cc(C(=O)N2N=C(C(F)F)C[C@]2(O)C(F)F)cc(OC)c1OC. The first kappa shape index (κ1) is 19.8. The topological polar surface area (TPSA) is 80.6 Å². The van der Waals surface area contributed by atoms with E-state index in [9.17, 15) is 27.5 Å². The summed E-state index contributed by atoms with van der Waals surface area (Å²) in [5, 5.41) is 13.2. The van der Waals surface area contributed by atoms with E-state index in [1.807, 2.05) is 0 Å². The molecule has 1 N–H and O–H groups in total. The van der Waals surface area contributed by atoms with Gasteiger partial charge < -0.3 is 19.3 Å². The zero-order chi connectivity index (χ0) is 19.6. The summed E-state index contributed by atoms with van der Waals surface area (Å²) in [4.78, 5) is 12.6. The molecule has 0 bridgehead atoms. The maximum absolute atomic E-state index is 13.3. The fourth-order valence-electron chi connectivity index (χ4n) is 2.43. The number of aliphatic hydroxyl groups is 1. The van der Waals surface area contributed by atoms with Gasteiger partial charge in [-0.1, -0.05) is 0 Å². The van der Waals surface area contributed by atoms with Crippen molar-refractivity contribution in [2.45, 2.75) is 25.0 Å². The average molecular weight is 380 g/mol. The number of halogens is 4. The fourth-order valence-corrected chi connectivity index (χ4v) is 2.43. The number of hydrogen-bond donors (Lipinski definition) is 1. The number of nitrogens with zero attached hydrogens (tertiary/aromatic N) is 2. The van der Waals surface area contributed by atoms with Gasteiger partial charge in [-0.15, -0.1) is 0 Å². The summed E-state index contributed by atoms with van der Waals surface area (Å²) in [6.45, 7) is 0. The van der Waals surface area contributed by atoms with E-state index in [0.29, 0.717) is 0 Å². The Morgan fingerprint density at radius 3 is 2.08 bits per heavy atom. The Bertz CT molecular complexity index is 703. The third kappa shape index (κ3) is 3.26. The summed E-state index contributed by atoms with van der Waals surface area (Å²) in [5.41, 5.74) is -4.48. The zero-order valence-electron chi connectivity index (χ0n) is 14.0. The van der Waals surface area contributed by atoms with E-state index in [1.54, 1.807) is 0 Å². The van der Waals surface area contributed by atoms with Crippen molar-refractivity contribution in [3.05, 3.63) is 17.7 Å². The smallest absolute Gasteiger partial charge is 0.287 e. The van der Waals surface area contributed by atoms with Gasteiger partial charge in [0.1, 0.15) is 5.71 Å². The van der Waals surface area contributed by atoms with Crippen LogP contribution in [0.1, 0.15) is 16.8 Å². The van der Waals surface area contributed by atoms with E-state index in [0.717, 1.165) is 12.1 Å². The predicted octanol–water partition coefficient (Wildman–Crippen LogP) is 2.13. The molecule has 1 aliphatic heterocycles. The molecule has 0 fully saturated rings. The lowest BCUT2D eigenvalue weighted by atomic mass is 10.1. The highest BCUT2D eigenvalue weighted by Crippen LogP contribution is 2.40. The van der Waals surface area contributed by atoms with Crippen LogP contribution in [-0.4, -0.2) is 61.6 Å². The molecular formula is C15H16F4N2O5. The molecule has 0 aromatic heterocycles. The van der Waals surface area contributed by atoms with E-state index >= 15 is 0 Å². The summed E-state index contributed by atoms with van der Waals surface area (Å²) >= 11 is 0. The van der Waals surface area contributed by atoms with Crippen molar-refractivity contribution in [1.29, 1.82) is 0 Å². The number of carbonyl (C=O) groups excluding carboxylic acids is 1. The van der Waals surface area contributed by atoms with Gasteiger partial charge in [0.2, 0.25) is 11.5 Å². The first-order valence-corrected chi connectivity index (χ1v) is 7.20. The summed E-state index contributed by atoms with van der Waals surface area (Å²) < 4.78 is 67.4. The highest BCUT2D eigenvalue weighted by atomic mass is 19.3. The largest absolute Gasteiger partial charge is 0.493 e. The number of methoxy groups -OCH3 is 3. The van der Waals surface area contributed by atoms with Crippen LogP contribution in [0, 0.1) is 0 Å². The molecule has 0 unspecified atom stereocenters. The van der Waals surface area contributed by atoms with Crippen LogP contribution in [0.3, 0.4) is 0 Å². The van der Waals surface area contributed by atoms with Gasteiger partial charge in [0, 0.05) is 12.0 Å². The Hall–Kier alpha value is -2.56. The normalized spacial score (nSPS) is 19.8. The van der Waals surface area contributed by atoms with Crippen molar-refractivity contribution in [3.8, 4) is 17.2 Å². The summed E-state index contributed by atoms with van der Waals surface area (Å²) in [6.07, 6.45) is -7.88. The number of hydrogen-bond acceptors (Lipinski definition) is 6. The molecule has 1 aromatic rings. The average Bonchev–Trinajstić information content (AvgIpc) is 2.99. The highest BCUT2D eigenvalue weighted by molar-refractivity contribution is 5.99. The third-order valence-electron chi connectivity index (χ3n) is 3.74. The van der Waals surface area contributed by atoms with Crippen molar-refractivity contribution in [1.82, 2.24) is 5.01 Å². The number of hydrazone groups is 1. The lowest BCUT2D eigenvalue weighted by Crippen LogP contribution is -2.51. The standard InChI is InChI=1S/C15H16F4N2O5/c1-24-9-4-7(5-10(25-2)11(9)26-3)13(22)21-15(23,14(18)19)6-8(20-21)12(16)17/h4-5,12,14,23H,6H2,1-3H3/t15-/m0/s1. The van der Waals surface area contributed by atoms with Crippen LogP contribution in [0.15, 0.2) is 17.2 Å². The van der Waals surface area contributed by atoms with Crippen molar-refractivity contribution in [3.63, 3.8) is 0 Å². The first-order valence-electron chi connectivity index (χ1n) is 7.20. The van der Waals surface area contributed by atoms with Gasteiger partial charge in [-0.05, 0) is 12.1 Å². The van der Waals surface area contributed by atoms with Crippen molar-refractivity contribution in [2.24, 2.45) is 5.10 Å². The molecule has 144 valence electrons. The molecule has 0 spiro atoms. The Kier molecular flexibility index (Phi) is 5.59. The lowest BCUT2D eigenvalue weighted by molar-refractivity contribution is -0.164. The van der Waals surface area contributed by atoms with Gasteiger partial charge in [-0.25, -0.2) is 17.6 Å². The van der Waals surface area contributed by atoms with E-state index in [4.69, 9.17) is 14.2 Å². The van der Waals surface area contributed by atoms with E-state index in [2.05, 4.69) is 5.10 Å². The minimum Gasteiger partial charge on any atom is -0.493 e. The second-order valence-electron chi connectivity index (χ2n) is 5.28. The number of rotatable bonds is 6. The molecule has 0 saturated heterocycles. The Balaban J connectivity index is 2.52. The Morgan fingerprint density at radius 2 is 1.69 bits per heavy atom. The van der Waals surface area contributed by atoms with Crippen LogP contribution < -0.4 is 14.2 Å². The van der Waals surface area contributed by atoms with Crippen LogP contribution in [0.4, 0.5) is 17.6 Å². The van der Waals surface area contributed by atoms with Crippen LogP contribution in [0.5, 0.6) is 17.2 Å². The molecule has 2 rings (SSSR count). The fraction of sp³-hybridized carbons (Fsp3) is 0.467. The molecule has 26 heavy (non-hydrogen) atoms. The molecule has 7 nitrogen and oxygen atoms in total. The Labute approximate surface area is 145 Å². The monoisotopic (exact) mass is 380 g/mol. The van der Waals surface area contributed by atoms with Crippen molar-refractivity contribution < 1.29 is 41.7 Å². The van der Waals surface area contributed by atoms with Gasteiger partial charge in [0.15, 0.2) is 11.5 Å². The molecule has 0 aliphatic carbocycles. The van der Waals surface area contributed by atoms with Crippen LogP contribution in [0.25, 0.3) is 0 Å². The number of benzene rings is 1. The summed E-state index contributed by atoms with van der Waals surface area (Å²) in [5.74, 6) is -1.03. The zero-order valence-corrected chi connectivity index (χ0v) is 14.0. The molecule has 1 amide bonds. The molecule has 0 saturated carbocycles.